The number of rotatable bonds is 14. The lowest BCUT2D eigenvalue weighted by atomic mass is 9.88. The van der Waals surface area contributed by atoms with Crippen molar-refractivity contribution in [3.8, 4) is 11.1 Å². The van der Waals surface area contributed by atoms with E-state index in [1.54, 1.807) is 20.0 Å². The number of hydrogen-bond acceptors (Lipinski definition) is 9. The van der Waals surface area contributed by atoms with Crippen molar-refractivity contribution < 1.29 is 24.1 Å². The number of nitrogens with zero attached hydrogens (tertiary/aromatic N) is 6. The van der Waals surface area contributed by atoms with Crippen LogP contribution in [0.2, 0.25) is 51.4 Å². The molecule has 0 saturated carbocycles. The van der Waals surface area contributed by atoms with E-state index in [1.807, 2.05) is 48.5 Å². The Balaban J connectivity index is 1.57. The van der Waals surface area contributed by atoms with Gasteiger partial charge in [-0.15, -0.1) is 0 Å². The van der Waals surface area contributed by atoms with E-state index in [1.165, 1.54) is 0 Å². The van der Waals surface area contributed by atoms with Crippen molar-refractivity contribution in [2.75, 3.05) is 31.6 Å². The maximum atomic E-state index is 13.3. The molecule has 2 aliphatic heterocycles. The SMILES string of the molecule is CC(C)(C)OC(=O)N1[C@@H]2CC[C@H]1C[C@H](c1nc3c(-c4ccc(C(C)(C)O)nc4)cnn3c(N(COCC[Si](C)(C)C)COCC[Si](C)(C)C)c1Br)C2. The quantitative estimate of drug-likeness (QED) is 0.0969. The number of hydrogen-bond donors (Lipinski definition) is 1. The highest BCUT2D eigenvalue weighted by Crippen LogP contribution is 2.47. The summed E-state index contributed by atoms with van der Waals surface area (Å²) < 4.78 is 21.4. The van der Waals surface area contributed by atoms with Gasteiger partial charge < -0.3 is 29.1 Å². The number of aromatic nitrogens is 4. The molecule has 3 aromatic rings. The second-order valence-electron chi connectivity index (χ2n) is 18.6. The molecule has 2 bridgehead atoms. The standard InChI is InChI=1S/C38H61BrN6O5Si2/c1-37(2,3)50-36(46)44-28-13-14-29(44)21-27(20-28)33-32(39)35(43(24-48-16-18-51(6,7)8)25-49-17-19-52(9,10)11)45-34(42-33)30(23-41-45)26-12-15-31(40-22-26)38(4,5)47/h12,15,22-23,27-29,47H,13-14,16-21,24-25H2,1-11H3/t27-,28-,29+. The second-order valence-corrected chi connectivity index (χ2v) is 30.6. The summed E-state index contributed by atoms with van der Waals surface area (Å²) in [5.41, 5.74) is 2.35. The number of halogens is 1. The minimum absolute atomic E-state index is 0.0841. The molecule has 3 aromatic heterocycles. The Bertz CT molecular complexity index is 1660. The van der Waals surface area contributed by atoms with E-state index >= 15 is 0 Å². The maximum absolute atomic E-state index is 13.3. The third-order valence-corrected chi connectivity index (χ3v) is 14.0. The first-order valence-electron chi connectivity index (χ1n) is 18.8. The first-order chi connectivity index (χ1) is 24.1. The smallest absolute Gasteiger partial charge is 0.410 e. The van der Waals surface area contributed by atoms with Gasteiger partial charge in [0.2, 0.25) is 0 Å². The van der Waals surface area contributed by atoms with Gasteiger partial charge in [-0.3, -0.25) is 4.98 Å². The third kappa shape index (κ3) is 10.2. The summed E-state index contributed by atoms with van der Waals surface area (Å²) in [6.07, 6.45) is 6.89. The molecule has 0 unspecified atom stereocenters. The van der Waals surface area contributed by atoms with Gasteiger partial charge >= 0.3 is 6.09 Å². The van der Waals surface area contributed by atoms with Crippen LogP contribution in [0.1, 0.15) is 77.6 Å². The van der Waals surface area contributed by atoms with Crippen molar-refractivity contribution >= 4 is 49.6 Å². The fourth-order valence-electron chi connectivity index (χ4n) is 6.92. The van der Waals surface area contributed by atoms with Gasteiger partial charge in [0.25, 0.3) is 0 Å². The normalized spacial score (nSPS) is 19.8. The highest BCUT2D eigenvalue weighted by Gasteiger charge is 2.46. The molecule has 2 fully saturated rings. The number of pyridine rings is 1. The van der Waals surface area contributed by atoms with Gasteiger partial charge in [0.15, 0.2) is 11.5 Å². The summed E-state index contributed by atoms with van der Waals surface area (Å²) in [5.74, 6) is 0.936. The fraction of sp³-hybridized carbons (Fsp3) is 0.684. The van der Waals surface area contributed by atoms with Crippen LogP contribution in [0, 0.1) is 0 Å². The number of piperidine rings is 1. The Labute approximate surface area is 321 Å². The molecule has 5 heterocycles. The number of ether oxygens (including phenoxy) is 3. The number of fused-ring (bicyclic) bond motifs is 3. The number of carbonyl (C=O) groups is 1. The van der Waals surface area contributed by atoms with Crippen LogP contribution in [0.4, 0.5) is 10.6 Å². The lowest BCUT2D eigenvalue weighted by molar-refractivity contribution is 0.00565. The molecule has 5 rings (SSSR count). The summed E-state index contributed by atoms with van der Waals surface area (Å²) in [7, 11) is -2.59. The molecule has 0 aromatic carbocycles. The predicted molar refractivity (Wildman–Crippen MR) is 216 cm³/mol. The van der Waals surface area contributed by atoms with Gasteiger partial charge in [0.1, 0.15) is 24.7 Å². The minimum atomic E-state index is -1.30. The molecule has 2 saturated heterocycles. The van der Waals surface area contributed by atoms with Gasteiger partial charge in [-0.25, -0.2) is 9.78 Å². The molecule has 1 amide bonds. The molecule has 11 nitrogen and oxygen atoms in total. The fourth-order valence-corrected chi connectivity index (χ4v) is 9.26. The minimum Gasteiger partial charge on any atom is -0.444 e. The molecule has 2 aliphatic rings. The van der Waals surface area contributed by atoms with E-state index < -0.39 is 27.3 Å². The van der Waals surface area contributed by atoms with E-state index in [9.17, 15) is 9.90 Å². The number of anilines is 1. The first kappa shape index (κ1) is 40.8. The summed E-state index contributed by atoms with van der Waals surface area (Å²) >= 11 is 4.05. The molecular weight excluding hydrogens is 757 g/mol. The van der Waals surface area contributed by atoms with Crippen LogP contribution < -0.4 is 4.90 Å². The lowest BCUT2D eigenvalue weighted by Crippen LogP contribution is -2.48. The van der Waals surface area contributed by atoms with Gasteiger partial charge in [-0.1, -0.05) is 45.3 Å². The second kappa shape index (κ2) is 15.8. The zero-order chi connectivity index (χ0) is 38.2. The van der Waals surface area contributed by atoms with Crippen molar-refractivity contribution in [1.82, 2.24) is 24.5 Å². The molecule has 1 N–H and O–H groups in total. The van der Waals surface area contributed by atoms with Crippen LogP contribution in [0.25, 0.3) is 16.8 Å². The van der Waals surface area contributed by atoms with E-state index in [0.717, 1.165) is 64.9 Å². The Morgan fingerprint density at radius 3 is 2.00 bits per heavy atom. The molecule has 14 heteroatoms. The van der Waals surface area contributed by atoms with Crippen molar-refractivity contribution in [1.29, 1.82) is 0 Å². The topological polar surface area (TPSA) is 115 Å². The van der Waals surface area contributed by atoms with E-state index in [4.69, 9.17) is 24.3 Å². The third-order valence-electron chi connectivity index (χ3n) is 9.80. The zero-order valence-corrected chi connectivity index (χ0v) is 36.8. The van der Waals surface area contributed by atoms with Crippen molar-refractivity contribution in [2.45, 2.75) is 141 Å². The number of carbonyl (C=O) groups excluding carboxylic acids is 1. The zero-order valence-electron chi connectivity index (χ0n) is 33.3. The maximum Gasteiger partial charge on any atom is 0.410 e. The van der Waals surface area contributed by atoms with Crippen LogP contribution in [0.5, 0.6) is 0 Å². The van der Waals surface area contributed by atoms with Gasteiger partial charge in [0.05, 0.1) is 22.1 Å². The average molecular weight is 818 g/mol. The molecule has 0 aliphatic carbocycles. The monoisotopic (exact) mass is 816 g/mol. The van der Waals surface area contributed by atoms with E-state index in [2.05, 4.69) is 65.1 Å². The molecule has 3 atom stereocenters. The van der Waals surface area contributed by atoms with Crippen LogP contribution >= 0.6 is 15.9 Å². The number of amides is 1. The Morgan fingerprint density at radius 2 is 1.52 bits per heavy atom. The van der Waals surface area contributed by atoms with Crippen LogP contribution in [0.15, 0.2) is 29.0 Å². The van der Waals surface area contributed by atoms with Crippen molar-refractivity contribution in [3.63, 3.8) is 0 Å². The van der Waals surface area contributed by atoms with E-state index in [0.29, 0.717) is 38.0 Å². The predicted octanol–water partition coefficient (Wildman–Crippen LogP) is 8.86. The summed E-state index contributed by atoms with van der Waals surface area (Å²) in [4.78, 5) is 27.4. The van der Waals surface area contributed by atoms with Gasteiger partial charge in [-0.2, -0.15) is 9.61 Å². The Hall–Kier alpha value is -2.37. The Morgan fingerprint density at radius 1 is 0.942 bits per heavy atom. The molecule has 0 spiro atoms. The summed E-state index contributed by atoms with van der Waals surface area (Å²) in [6, 6.07) is 6.12. The molecule has 0 radical (unpaired) electrons. The van der Waals surface area contributed by atoms with Gasteiger partial charge in [0, 0.05) is 64.7 Å². The molecule has 52 heavy (non-hydrogen) atoms. The first-order valence-corrected chi connectivity index (χ1v) is 27.0. The van der Waals surface area contributed by atoms with Crippen LogP contribution in [0.3, 0.4) is 0 Å². The number of aliphatic hydroxyl groups is 1. The van der Waals surface area contributed by atoms with E-state index in [-0.39, 0.29) is 24.1 Å². The van der Waals surface area contributed by atoms with Crippen LogP contribution in [-0.2, 0) is 19.8 Å². The molecular formula is C38H61BrN6O5Si2. The van der Waals surface area contributed by atoms with Crippen LogP contribution in [-0.4, -0.2) is 96.2 Å². The molecule has 288 valence electrons. The largest absolute Gasteiger partial charge is 0.444 e. The summed E-state index contributed by atoms with van der Waals surface area (Å²) in [6.45, 7) is 25.4. The van der Waals surface area contributed by atoms with Crippen molar-refractivity contribution in [2.24, 2.45) is 0 Å². The van der Waals surface area contributed by atoms with Crippen molar-refractivity contribution in [3.05, 3.63) is 40.4 Å². The summed E-state index contributed by atoms with van der Waals surface area (Å²) in [5, 5.41) is 15.5. The van der Waals surface area contributed by atoms with Gasteiger partial charge in [-0.05, 0) is 94.4 Å². The Kier molecular flexibility index (Phi) is 12.4. The average Bonchev–Trinajstić information content (AvgIpc) is 3.55. The lowest BCUT2D eigenvalue weighted by Gasteiger charge is -2.39. The highest BCUT2D eigenvalue weighted by atomic mass is 79.9. The highest BCUT2D eigenvalue weighted by molar-refractivity contribution is 9.10.